The average molecular weight is 485 g/mol. The largest absolute Gasteiger partial charge is 0.369 e. The molecule has 0 saturated carbocycles. The van der Waals surface area contributed by atoms with Crippen LogP contribution in [-0.4, -0.2) is 76.0 Å². The molecule has 1 N–H and O–H groups in total. The first-order valence-electron chi connectivity index (χ1n) is 11.2. The maximum absolute atomic E-state index is 14.5. The highest BCUT2D eigenvalue weighted by molar-refractivity contribution is 7.98. The zero-order valence-corrected chi connectivity index (χ0v) is 19.6. The SMILES string of the molecule is CSc1nccc(CN2CCN(c3cc(F)cc4c3CN(C3CCC(=O)NC3=O)C4=O)CC2)n1. The fraction of sp³-hybridized carbons (Fsp3) is 0.435. The minimum absolute atomic E-state index is 0.185. The molecule has 1 aromatic carbocycles. The summed E-state index contributed by atoms with van der Waals surface area (Å²) in [5, 5.41) is 3.05. The lowest BCUT2D eigenvalue weighted by Crippen LogP contribution is -2.52. The molecule has 1 unspecified atom stereocenters. The molecular formula is C23H25FN6O3S. The van der Waals surface area contributed by atoms with Crippen LogP contribution in [-0.2, 0) is 22.7 Å². The number of thioether (sulfide) groups is 1. The van der Waals surface area contributed by atoms with Gasteiger partial charge in [-0.1, -0.05) is 11.8 Å². The third kappa shape index (κ3) is 4.37. The number of rotatable bonds is 5. The lowest BCUT2D eigenvalue weighted by molar-refractivity contribution is -0.136. The number of anilines is 1. The van der Waals surface area contributed by atoms with Crippen molar-refractivity contribution in [2.45, 2.75) is 37.1 Å². The molecule has 11 heteroatoms. The summed E-state index contributed by atoms with van der Waals surface area (Å²) in [7, 11) is 0. The van der Waals surface area contributed by atoms with Gasteiger partial charge >= 0.3 is 0 Å². The first kappa shape index (κ1) is 22.7. The van der Waals surface area contributed by atoms with E-state index in [1.54, 1.807) is 6.20 Å². The van der Waals surface area contributed by atoms with Crippen LogP contribution in [0.1, 0.15) is 34.5 Å². The fourth-order valence-electron chi connectivity index (χ4n) is 4.83. The van der Waals surface area contributed by atoms with E-state index in [-0.39, 0.29) is 31.2 Å². The number of carbonyl (C=O) groups excluding carboxylic acids is 3. The van der Waals surface area contributed by atoms with Crippen molar-refractivity contribution >= 4 is 35.2 Å². The number of nitrogens with one attached hydrogen (secondary N) is 1. The molecule has 0 radical (unpaired) electrons. The molecule has 3 amide bonds. The molecule has 1 atom stereocenters. The summed E-state index contributed by atoms with van der Waals surface area (Å²) < 4.78 is 14.5. The molecule has 178 valence electrons. The van der Waals surface area contributed by atoms with Crippen LogP contribution in [0.25, 0.3) is 0 Å². The van der Waals surface area contributed by atoms with Gasteiger partial charge in [-0.25, -0.2) is 14.4 Å². The molecular weight excluding hydrogens is 459 g/mol. The second kappa shape index (κ2) is 9.30. The van der Waals surface area contributed by atoms with Crippen molar-refractivity contribution in [3.63, 3.8) is 0 Å². The van der Waals surface area contributed by atoms with Crippen molar-refractivity contribution in [2.75, 3.05) is 37.3 Å². The molecule has 0 spiro atoms. The van der Waals surface area contributed by atoms with E-state index in [0.717, 1.165) is 29.5 Å². The Labute approximate surface area is 200 Å². The van der Waals surface area contributed by atoms with Crippen LogP contribution >= 0.6 is 11.8 Å². The fourth-order valence-corrected chi connectivity index (χ4v) is 5.20. The molecule has 5 rings (SSSR count). The van der Waals surface area contributed by atoms with Gasteiger partial charge in [0.1, 0.15) is 11.9 Å². The Morgan fingerprint density at radius 1 is 1.18 bits per heavy atom. The molecule has 2 aromatic rings. The van der Waals surface area contributed by atoms with E-state index < -0.39 is 17.8 Å². The predicted molar refractivity (Wildman–Crippen MR) is 124 cm³/mol. The Kier molecular flexibility index (Phi) is 6.22. The van der Waals surface area contributed by atoms with Crippen molar-refractivity contribution in [1.29, 1.82) is 0 Å². The van der Waals surface area contributed by atoms with Gasteiger partial charge in [0.2, 0.25) is 11.8 Å². The van der Waals surface area contributed by atoms with Gasteiger partial charge in [-0.05, 0) is 30.9 Å². The second-order valence-corrected chi connectivity index (χ2v) is 9.42. The maximum atomic E-state index is 14.5. The van der Waals surface area contributed by atoms with E-state index in [0.29, 0.717) is 30.9 Å². The highest BCUT2D eigenvalue weighted by atomic mass is 32.2. The molecule has 0 aliphatic carbocycles. The minimum atomic E-state index is -0.718. The van der Waals surface area contributed by atoms with Gasteiger partial charge in [0.25, 0.3) is 5.91 Å². The molecule has 34 heavy (non-hydrogen) atoms. The molecule has 3 aliphatic heterocycles. The number of fused-ring (bicyclic) bond motifs is 1. The summed E-state index contributed by atoms with van der Waals surface area (Å²) in [6.07, 6.45) is 4.18. The summed E-state index contributed by atoms with van der Waals surface area (Å²) in [4.78, 5) is 51.5. The van der Waals surface area contributed by atoms with Crippen LogP contribution < -0.4 is 10.2 Å². The highest BCUT2D eigenvalue weighted by Crippen LogP contribution is 2.35. The van der Waals surface area contributed by atoms with Crippen LogP contribution in [0, 0.1) is 5.82 Å². The number of hydrogen-bond donors (Lipinski definition) is 1. The number of carbonyl (C=O) groups is 3. The lowest BCUT2D eigenvalue weighted by atomic mass is 10.0. The van der Waals surface area contributed by atoms with E-state index in [2.05, 4.69) is 25.1 Å². The third-order valence-electron chi connectivity index (χ3n) is 6.57. The first-order valence-corrected chi connectivity index (χ1v) is 12.5. The zero-order valence-electron chi connectivity index (χ0n) is 18.8. The average Bonchev–Trinajstić information content (AvgIpc) is 3.15. The van der Waals surface area contributed by atoms with Gasteiger partial charge in [-0.2, -0.15) is 0 Å². The summed E-state index contributed by atoms with van der Waals surface area (Å²) >= 11 is 1.51. The van der Waals surface area contributed by atoms with Crippen molar-refractivity contribution in [1.82, 2.24) is 25.1 Å². The van der Waals surface area contributed by atoms with Gasteiger partial charge < -0.3 is 9.80 Å². The van der Waals surface area contributed by atoms with Crippen LogP contribution in [0.4, 0.5) is 10.1 Å². The number of imide groups is 1. The van der Waals surface area contributed by atoms with Crippen LogP contribution in [0.15, 0.2) is 29.6 Å². The molecule has 3 aliphatic rings. The number of aromatic nitrogens is 2. The Bertz CT molecular complexity index is 1150. The van der Waals surface area contributed by atoms with Gasteiger partial charge in [0.05, 0.1) is 5.69 Å². The van der Waals surface area contributed by atoms with Crippen molar-refractivity contribution in [2.24, 2.45) is 0 Å². The molecule has 2 saturated heterocycles. The monoisotopic (exact) mass is 484 g/mol. The molecule has 0 bridgehead atoms. The topological polar surface area (TPSA) is 98.7 Å². The minimum Gasteiger partial charge on any atom is -0.369 e. The summed E-state index contributed by atoms with van der Waals surface area (Å²) in [6, 6.07) is 3.93. The normalized spacial score (nSPS) is 21.1. The number of halogens is 1. The van der Waals surface area contributed by atoms with E-state index >= 15 is 0 Å². The van der Waals surface area contributed by atoms with E-state index in [4.69, 9.17) is 0 Å². The highest BCUT2D eigenvalue weighted by Gasteiger charge is 2.41. The predicted octanol–water partition coefficient (Wildman–Crippen LogP) is 1.42. The van der Waals surface area contributed by atoms with Crippen LogP contribution in [0.3, 0.4) is 0 Å². The number of benzene rings is 1. The number of nitrogens with zero attached hydrogens (tertiary/aromatic N) is 5. The van der Waals surface area contributed by atoms with Crippen molar-refractivity contribution in [3.8, 4) is 0 Å². The summed E-state index contributed by atoms with van der Waals surface area (Å²) in [6.45, 7) is 3.86. The quantitative estimate of drug-likeness (QED) is 0.387. The lowest BCUT2D eigenvalue weighted by Gasteiger charge is -2.37. The van der Waals surface area contributed by atoms with Crippen LogP contribution in [0.5, 0.6) is 0 Å². The molecule has 9 nitrogen and oxygen atoms in total. The number of hydrogen-bond acceptors (Lipinski definition) is 8. The van der Waals surface area contributed by atoms with Gasteiger partial charge in [0.15, 0.2) is 5.16 Å². The molecule has 2 fully saturated rings. The molecule has 1 aromatic heterocycles. The van der Waals surface area contributed by atoms with Crippen LogP contribution in [0.2, 0.25) is 0 Å². The second-order valence-electron chi connectivity index (χ2n) is 8.65. The standard InChI is InChI=1S/C23H25FN6O3S/c1-34-23-25-5-4-15(26-23)12-28-6-8-29(9-7-28)19-11-14(24)10-16-17(19)13-30(22(16)33)18-2-3-20(31)27-21(18)32/h4-5,10-11,18H,2-3,6-9,12-13H2,1H3,(H,27,31,32). The Morgan fingerprint density at radius 2 is 1.97 bits per heavy atom. The Hall–Kier alpha value is -3.05. The van der Waals surface area contributed by atoms with E-state index in [1.807, 2.05) is 12.3 Å². The Balaban J connectivity index is 1.30. The first-order chi connectivity index (χ1) is 16.4. The van der Waals surface area contributed by atoms with E-state index in [9.17, 15) is 18.8 Å². The van der Waals surface area contributed by atoms with Gasteiger partial charge in [-0.15, -0.1) is 0 Å². The number of piperazine rings is 1. The third-order valence-corrected chi connectivity index (χ3v) is 7.13. The maximum Gasteiger partial charge on any atom is 0.255 e. The number of piperidine rings is 1. The van der Waals surface area contributed by atoms with Gasteiger partial charge in [-0.3, -0.25) is 24.6 Å². The van der Waals surface area contributed by atoms with Crippen molar-refractivity contribution < 1.29 is 18.8 Å². The Morgan fingerprint density at radius 3 is 2.71 bits per heavy atom. The molecule has 4 heterocycles. The van der Waals surface area contributed by atoms with Crippen molar-refractivity contribution in [3.05, 3.63) is 47.0 Å². The van der Waals surface area contributed by atoms with Gasteiger partial charge in [0, 0.05) is 68.7 Å². The smallest absolute Gasteiger partial charge is 0.255 e. The van der Waals surface area contributed by atoms with E-state index in [1.165, 1.54) is 28.8 Å². The summed E-state index contributed by atoms with van der Waals surface area (Å²) in [5.41, 5.74) is 2.70. The zero-order chi connectivity index (χ0) is 23.8. The number of amides is 3. The summed E-state index contributed by atoms with van der Waals surface area (Å²) in [5.74, 6) is -1.64.